The van der Waals surface area contributed by atoms with Gasteiger partial charge in [-0.25, -0.2) is 0 Å². The van der Waals surface area contributed by atoms with Gasteiger partial charge in [-0.3, -0.25) is 24.0 Å². The van der Waals surface area contributed by atoms with Crippen molar-refractivity contribution in [1.29, 1.82) is 0 Å². The van der Waals surface area contributed by atoms with Crippen molar-refractivity contribution in [3.05, 3.63) is 0 Å². The van der Waals surface area contributed by atoms with Crippen LogP contribution in [0.2, 0.25) is 0 Å². The summed E-state index contributed by atoms with van der Waals surface area (Å²) in [6, 6.07) is 0. The van der Waals surface area contributed by atoms with Gasteiger partial charge >= 0.3 is 5.97 Å². The Kier molecular flexibility index (Phi) is 5.66. The van der Waals surface area contributed by atoms with Crippen molar-refractivity contribution in [3.8, 4) is 0 Å². The first-order valence-corrected chi connectivity index (χ1v) is 13.1. The zero-order valence-electron chi connectivity index (χ0n) is 20.1. The number of hydrogen-bond donors (Lipinski definition) is 2. The fourth-order valence-electron chi connectivity index (χ4n) is 9.81. The van der Waals surface area contributed by atoms with Gasteiger partial charge in [0.05, 0.1) is 5.92 Å². The summed E-state index contributed by atoms with van der Waals surface area (Å²) >= 11 is 0. The van der Waals surface area contributed by atoms with Gasteiger partial charge in [0.25, 0.3) is 0 Å². The van der Waals surface area contributed by atoms with E-state index in [2.05, 4.69) is 0 Å². The molecule has 4 bridgehead atoms. The van der Waals surface area contributed by atoms with E-state index in [1.165, 1.54) is 0 Å². The van der Waals surface area contributed by atoms with Crippen molar-refractivity contribution in [2.75, 3.05) is 6.61 Å². The van der Waals surface area contributed by atoms with Gasteiger partial charge < -0.3 is 10.2 Å². The molecule has 2 N–H and O–H groups in total. The predicted octanol–water partition coefficient (Wildman–Crippen LogP) is 2.86. The van der Waals surface area contributed by atoms with Crippen LogP contribution in [0.5, 0.6) is 0 Å². The van der Waals surface area contributed by atoms with Crippen molar-refractivity contribution < 1.29 is 34.2 Å². The number of aliphatic hydroxyl groups excluding tert-OH is 1. The molecule has 2 spiro atoms. The van der Waals surface area contributed by atoms with Crippen molar-refractivity contribution in [2.45, 2.75) is 71.6 Å². The van der Waals surface area contributed by atoms with Gasteiger partial charge in [0.15, 0.2) is 5.78 Å². The second-order valence-electron chi connectivity index (χ2n) is 11.9. The van der Waals surface area contributed by atoms with E-state index in [1.807, 2.05) is 6.92 Å². The molecule has 5 saturated carbocycles. The Labute approximate surface area is 200 Å². The van der Waals surface area contributed by atoms with Crippen LogP contribution in [0, 0.1) is 58.2 Å². The number of carbonyl (C=O) groups is 5. The highest BCUT2D eigenvalue weighted by molar-refractivity contribution is 5.99. The third-order valence-corrected chi connectivity index (χ3v) is 10.8. The van der Waals surface area contributed by atoms with Crippen molar-refractivity contribution in [1.82, 2.24) is 0 Å². The maximum absolute atomic E-state index is 14.4. The molecule has 0 heterocycles. The lowest BCUT2D eigenvalue weighted by molar-refractivity contribution is -0.156. The van der Waals surface area contributed by atoms with Crippen LogP contribution in [-0.4, -0.2) is 45.9 Å². The van der Waals surface area contributed by atoms with E-state index >= 15 is 0 Å². The van der Waals surface area contributed by atoms with Gasteiger partial charge in [-0.05, 0) is 68.6 Å². The lowest BCUT2D eigenvalue weighted by atomic mass is 9.57. The topological polar surface area (TPSA) is 126 Å². The summed E-state index contributed by atoms with van der Waals surface area (Å²) in [7, 11) is 0. The minimum Gasteiger partial charge on any atom is -0.481 e. The van der Waals surface area contributed by atoms with Crippen LogP contribution < -0.4 is 0 Å². The summed E-state index contributed by atoms with van der Waals surface area (Å²) in [5, 5.41) is 19.6. The van der Waals surface area contributed by atoms with E-state index in [-0.39, 0.29) is 46.8 Å². The Balaban J connectivity index is 1.48. The smallest absolute Gasteiger partial charge is 0.307 e. The van der Waals surface area contributed by atoms with Crippen molar-refractivity contribution in [2.24, 2.45) is 58.2 Å². The van der Waals surface area contributed by atoms with Gasteiger partial charge in [-0.1, -0.05) is 13.8 Å². The number of Topliss-reactive ketones (excluding diaryl/α,β-unsaturated/α-hetero) is 4. The largest absolute Gasteiger partial charge is 0.481 e. The molecule has 5 fully saturated rings. The number of carboxylic acids is 1. The van der Waals surface area contributed by atoms with Crippen LogP contribution >= 0.6 is 0 Å². The molecule has 0 aliphatic heterocycles. The molecule has 7 heteroatoms. The van der Waals surface area contributed by atoms with Gasteiger partial charge in [0.1, 0.15) is 24.0 Å². The van der Waals surface area contributed by atoms with Gasteiger partial charge in [0.2, 0.25) is 0 Å². The monoisotopic (exact) mass is 472 g/mol. The summed E-state index contributed by atoms with van der Waals surface area (Å²) in [5.74, 6) is -4.04. The number of aliphatic carboxylic acids is 1. The molecule has 0 radical (unpaired) electrons. The summed E-state index contributed by atoms with van der Waals surface area (Å²) in [5.41, 5.74) is -1.35. The van der Waals surface area contributed by atoms with Gasteiger partial charge in [0, 0.05) is 41.4 Å². The lowest BCUT2D eigenvalue weighted by Gasteiger charge is -2.44. The fourth-order valence-corrected chi connectivity index (χ4v) is 9.81. The van der Waals surface area contributed by atoms with E-state index in [0.29, 0.717) is 57.8 Å². The van der Waals surface area contributed by atoms with Crippen LogP contribution in [-0.2, 0) is 24.0 Å². The molecular weight excluding hydrogens is 436 g/mol. The zero-order valence-corrected chi connectivity index (χ0v) is 20.1. The first-order valence-electron chi connectivity index (χ1n) is 13.1. The Bertz CT molecular complexity index is 941. The summed E-state index contributed by atoms with van der Waals surface area (Å²) < 4.78 is 0. The number of carbonyl (C=O) groups excluding carboxylic acids is 4. The molecular formula is C27H36O7. The number of aliphatic hydroxyl groups is 1. The first kappa shape index (κ1) is 23.8. The third kappa shape index (κ3) is 2.88. The Morgan fingerprint density at radius 3 is 1.82 bits per heavy atom. The van der Waals surface area contributed by atoms with Crippen molar-refractivity contribution >= 4 is 29.1 Å². The average molecular weight is 473 g/mol. The SMILES string of the molecule is CCCC(=O)[C@@H]1C2C[C@@H](C[C@@]23CCC2(CC4C[C@@H]2[C@H](C(=O)CO)[C@@H]4C(=O)CC)C3=O)[C@@H]1C(=O)O. The normalized spacial score (nSPS) is 46.1. The van der Waals surface area contributed by atoms with Crippen LogP contribution in [0.1, 0.15) is 71.6 Å². The summed E-state index contributed by atoms with van der Waals surface area (Å²) in [6.45, 7) is 3.09. The maximum Gasteiger partial charge on any atom is 0.307 e. The Morgan fingerprint density at radius 2 is 1.35 bits per heavy atom. The quantitative estimate of drug-likeness (QED) is 0.556. The molecule has 7 nitrogen and oxygen atoms in total. The molecule has 5 rings (SSSR count). The molecule has 3 unspecified atom stereocenters. The number of rotatable bonds is 8. The maximum atomic E-state index is 14.4. The van der Waals surface area contributed by atoms with E-state index < -0.39 is 47.1 Å². The molecule has 5 aliphatic carbocycles. The van der Waals surface area contributed by atoms with Gasteiger partial charge in [-0.2, -0.15) is 0 Å². The second-order valence-corrected chi connectivity index (χ2v) is 11.9. The number of ketones is 4. The third-order valence-electron chi connectivity index (χ3n) is 10.8. The molecule has 0 aromatic carbocycles. The van der Waals surface area contributed by atoms with Crippen LogP contribution in [0.3, 0.4) is 0 Å². The van der Waals surface area contributed by atoms with E-state index in [1.54, 1.807) is 6.92 Å². The molecule has 5 aliphatic rings. The molecule has 34 heavy (non-hydrogen) atoms. The minimum atomic E-state index is -0.925. The Hall–Kier alpha value is -1.89. The summed E-state index contributed by atoms with van der Waals surface area (Å²) in [6.07, 6.45) is 5.04. The van der Waals surface area contributed by atoms with Crippen LogP contribution in [0.15, 0.2) is 0 Å². The molecule has 0 saturated heterocycles. The molecule has 10 atom stereocenters. The van der Waals surface area contributed by atoms with Gasteiger partial charge in [-0.15, -0.1) is 0 Å². The highest BCUT2D eigenvalue weighted by Gasteiger charge is 2.75. The number of hydrogen-bond acceptors (Lipinski definition) is 6. The lowest BCUT2D eigenvalue weighted by Crippen LogP contribution is -2.51. The predicted molar refractivity (Wildman–Crippen MR) is 120 cm³/mol. The van der Waals surface area contributed by atoms with E-state index in [4.69, 9.17) is 0 Å². The average Bonchev–Trinajstić information content (AvgIpc) is 3.60. The molecule has 0 amide bonds. The number of carboxylic acid groups (broad SMARTS) is 1. The minimum absolute atomic E-state index is 0.0140. The second kappa shape index (κ2) is 8.07. The Morgan fingerprint density at radius 1 is 0.824 bits per heavy atom. The van der Waals surface area contributed by atoms with Crippen molar-refractivity contribution in [3.63, 3.8) is 0 Å². The standard InChI is InChI=1S/C27H36O7/c1-3-5-18(30)22-15-9-14(21(22)24(32)33)11-27(15)7-6-26(25(27)34)10-13-8-16(26)23(19(31)12-28)20(13)17(29)4-2/h13-16,20-23,28H,3-12H2,1-2H3,(H,32,33)/t13?,14-,15?,16+,20-,21-,22-,23+,26?,27-/m0/s1. The highest BCUT2D eigenvalue weighted by atomic mass is 16.4. The zero-order chi connectivity index (χ0) is 24.6. The first-order chi connectivity index (χ1) is 16.2. The van der Waals surface area contributed by atoms with E-state index in [0.717, 1.165) is 0 Å². The molecule has 0 aromatic rings. The van der Waals surface area contributed by atoms with Crippen LogP contribution in [0.4, 0.5) is 0 Å². The molecule has 0 aromatic heterocycles. The van der Waals surface area contributed by atoms with Crippen LogP contribution in [0.25, 0.3) is 0 Å². The highest BCUT2D eigenvalue weighted by Crippen LogP contribution is 2.74. The van der Waals surface area contributed by atoms with E-state index in [9.17, 15) is 34.2 Å². The fraction of sp³-hybridized carbons (Fsp3) is 0.815. The summed E-state index contributed by atoms with van der Waals surface area (Å²) in [4.78, 5) is 65.2. The number of fused-ring (bicyclic) bond motifs is 6. The molecule has 186 valence electrons.